The van der Waals surface area contributed by atoms with Crippen LogP contribution in [0.5, 0.6) is 0 Å². The van der Waals surface area contributed by atoms with Crippen molar-refractivity contribution < 1.29 is 28.2 Å². The van der Waals surface area contributed by atoms with Crippen LogP contribution in [0.4, 0.5) is 13.2 Å². The van der Waals surface area contributed by atoms with E-state index < -0.39 is 18.2 Å². The number of fused-ring (bicyclic) bond motifs is 1. The van der Waals surface area contributed by atoms with Crippen LogP contribution in [0, 0.1) is 17.8 Å². The molecular weight excluding hydrogens is 444 g/mol. The van der Waals surface area contributed by atoms with Crippen LogP contribution in [0.1, 0.15) is 43.9 Å². The number of pyridine rings is 1. The second-order valence-electron chi connectivity index (χ2n) is 8.21. The van der Waals surface area contributed by atoms with Crippen molar-refractivity contribution in [3.63, 3.8) is 0 Å². The summed E-state index contributed by atoms with van der Waals surface area (Å²) < 4.78 is 39.3. The molecule has 1 amide bonds. The van der Waals surface area contributed by atoms with Gasteiger partial charge in [0.15, 0.2) is 6.10 Å². The van der Waals surface area contributed by atoms with E-state index in [4.69, 9.17) is 23.2 Å². The Labute approximate surface area is 183 Å². The van der Waals surface area contributed by atoms with Gasteiger partial charge in [-0.3, -0.25) is 9.78 Å². The van der Waals surface area contributed by atoms with E-state index in [0.29, 0.717) is 31.4 Å². The molecule has 2 N–H and O–H groups in total. The third-order valence-electron chi connectivity index (χ3n) is 6.67. The number of likely N-dealkylation sites (tertiary alicyclic amines) is 1. The molecular formula is C20H25Cl2F3N2O3. The molecule has 2 fully saturated rings. The van der Waals surface area contributed by atoms with Crippen molar-refractivity contribution in [2.45, 2.75) is 64.0 Å². The highest BCUT2D eigenvalue weighted by molar-refractivity contribution is 6.36. The number of amides is 1. The predicted octanol–water partition coefficient (Wildman–Crippen LogP) is 4.00. The molecule has 2 heterocycles. The second kappa shape index (κ2) is 9.18. The van der Waals surface area contributed by atoms with Gasteiger partial charge in [0.2, 0.25) is 5.91 Å². The van der Waals surface area contributed by atoms with Gasteiger partial charge in [0.1, 0.15) is 0 Å². The van der Waals surface area contributed by atoms with E-state index >= 15 is 0 Å². The average Bonchev–Trinajstić information content (AvgIpc) is 2.70. The Morgan fingerprint density at radius 3 is 2.63 bits per heavy atom. The minimum absolute atomic E-state index is 0.0798. The molecule has 0 unspecified atom stereocenters. The van der Waals surface area contributed by atoms with E-state index in [0.717, 1.165) is 6.42 Å². The number of hydrogen-bond donors (Lipinski definition) is 2. The Kier molecular flexibility index (Phi) is 7.22. The fraction of sp³-hybridized carbons (Fsp3) is 0.700. The van der Waals surface area contributed by atoms with Gasteiger partial charge in [-0.15, -0.1) is 0 Å². The van der Waals surface area contributed by atoms with Crippen LogP contribution >= 0.6 is 23.2 Å². The number of carbonyl (C=O) groups is 1. The number of halogens is 5. The molecule has 168 valence electrons. The SMILES string of the molecule is C[C@H]1[C@H]2CCC[C@@H]([C@H](O)C(F)(F)F)[C@@H]2CCN1C(=O)Cc1c(Cl)cnc(CO)c1Cl. The quantitative estimate of drug-likeness (QED) is 0.700. The number of hydrogen-bond acceptors (Lipinski definition) is 4. The summed E-state index contributed by atoms with van der Waals surface area (Å²) >= 11 is 12.4. The minimum atomic E-state index is -4.64. The van der Waals surface area contributed by atoms with Crippen molar-refractivity contribution in [2.75, 3.05) is 6.54 Å². The Hall–Kier alpha value is -1.09. The zero-order valence-electron chi connectivity index (χ0n) is 16.5. The van der Waals surface area contributed by atoms with Crippen molar-refractivity contribution in [3.8, 4) is 0 Å². The lowest BCUT2D eigenvalue weighted by Crippen LogP contribution is -2.55. The zero-order chi connectivity index (χ0) is 22.2. The van der Waals surface area contributed by atoms with Crippen molar-refractivity contribution in [2.24, 2.45) is 17.8 Å². The summed E-state index contributed by atoms with van der Waals surface area (Å²) in [4.78, 5) is 18.6. The molecule has 0 spiro atoms. The molecule has 10 heteroatoms. The largest absolute Gasteiger partial charge is 0.414 e. The van der Waals surface area contributed by atoms with Crippen LogP contribution in [0.25, 0.3) is 0 Å². The molecule has 30 heavy (non-hydrogen) atoms. The number of aliphatic hydroxyl groups is 2. The number of alkyl halides is 3. The summed E-state index contributed by atoms with van der Waals surface area (Å²) in [6, 6.07) is -0.254. The van der Waals surface area contributed by atoms with Gasteiger partial charge in [-0.25, -0.2) is 0 Å². The Balaban J connectivity index is 1.76. The summed E-state index contributed by atoms with van der Waals surface area (Å²) in [5.74, 6) is -1.43. The summed E-state index contributed by atoms with van der Waals surface area (Å²) in [7, 11) is 0. The van der Waals surface area contributed by atoms with Gasteiger partial charge in [0.25, 0.3) is 0 Å². The van der Waals surface area contributed by atoms with E-state index in [2.05, 4.69) is 4.98 Å². The molecule has 0 aromatic carbocycles. The van der Waals surface area contributed by atoms with Crippen molar-refractivity contribution in [1.29, 1.82) is 0 Å². The first-order valence-electron chi connectivity index (χ1n) is 10.0. The summed E-state index contributed by atoms with van der Waals surface area (Å²) in [6.07, 6.45) is -3.64. The molecule has 0 radical (unpaired) electrons. The molecule has 1 aliphatic heterocycles. The van der Waals surface area contributed by atoms with Crippen LogP contribution in [0.3, 0.4) is 0 Å². The topological polar surface area (TPSA) is 73.7 Å². The number of aliphatic hydroxyl groups excluding tert-OH is 2. The highest BCUT2D eigenvalue weighted by atomic mass is 35.5. The molecule has 1 aromatic rings. The van der Waals surface area contributed by atoms with Gasteiger partial charge in [-0.2, -0.15) is 13.2 Å². The van der Waals surface area contributed by atoms with Crippen molar-refractivity contribution in [3.05, 3.63) is 27.5 Å². The molecule has 0 bridgehead atoms. The number of carbonyl (C=O) groups excluding carboxylic acids is 1. The predicted molar refractivity (Wildman–Crippen MR) is 106 cm³/mol. The lowest BCUT2D eigenvalue weighted by molar-refractivity contribution is -0.233. The maximum absolute atomic E-state index is 13.1. The minimum Gasteiger partial charge on any atom is -0.390 e. The number of nitrogens with zero attached hydrogens (tertiary/aromatic N) is 2. The third kappa shape index (κ3) is 4.56. The fourth-order valence-corrected chi connectivity index (χ4v) is 5.68. The van der Waals surface area contributed by atoms with Crippen LogP contribution in [0.15, 0.2) is 6.20 Å². The van der Waals surface area contributed by atoms with Gasteiger partial charge in [0, 0.05) is 24.3 Å². The normalized spacial score (nSPS) is 28.2. The van der Waals surface area contributed by atoms with E-state index in [1.807, 2.05) is 6.92 Å². The zero-order valence-corrected chi connectivity index (χ0v) is 18.0. The third-order valence-corrected chi connectivity index (χ3v) is 7.44. The number of piperidine rings is 1. The van der Waals surface area contributed by atoms with E-state index in [1.54, 1.807) is 4.90 Å². The van der Waals surface area contributed by atoms with Crippen molar-refractivity contribution >= 4 is 29.1 Å². The van der Waals surface area contributed by atoms with Gasteiger partial charge < -0.3 is 15.1 Å². The van der Waals surface area contributed by atoms with Crippen LogP contribution in [0.2, 0.25) is 10.0 Å². The summed E-state index contributed by atoms with van der Waals surface area (Å²) in [5.41, 5.74) is 0.609. The molecule has 5 atom stereocenters. The Morgan fingerprint density at radius 2 is 2.00 bits per heavy atom. The summed E-state index contributed by atoms with van der Waals surface area (Å²) in [6.45, 7) is 1.78. The highest BCUT2D eigenvalue weighted by Gasteiger charge is 2.51. The fourth-order valence-electron chi connectivity index (χ4n) is 5.14. The maximum atomic E-state index is 13.1. The molecule has 3 rings (SSSR count). The number of aromatic nitrogens is 1. The van der Waals surface area contributed by atoms with Crippen LogP contribution in [-0.2, 0) is 17.8 Å². The molecule has 5 nitrogen and oxygen atoms in total. The first kappa shape index (κ1) is 23.6. The molecule has 2 aliphatic rings. The monoisotopic (exact) mass is 468 g/mol. The molecule has 1 aromatic heterocycles. The Morgan fingerprint density at radius 1 is 1.30 bits per heavy atom. The van der Waals surface area contributed by atoms with Gasteiger partial charge in [-0.1, -0.05) is 29.6 Å². The van der Waals surface area contributed by atoms with Crippen LogP contribution < -0.4 is 0 Å². The highest BCUT2D eigenvalue weighted by Crippen LogP contribution is 2.47. The lowest BCUT2D eigenvalue weighted by atomic mass is 9.64. The number of rotatable bonds is 4. The van der Waals surface area contributed by atoms with Crippen molar-refractivity contribution in [1.82, 2.24) is 9.88 Å². The lowest BCUT2D eigenvalue weighted by Gasteiger charge is -2.50. The van der Waals surface area contributed by atoms with E-state index in [1.165, 1.54) is 6.20 Å². The van der Waals surface area contributed by atoms with Gasteiger partial charge in [0.05, 0.1) is 28.8 Å². The Bertz CT molecular complexity index is 793. The van der Waals surface area contributed by atoms with Crippen LogP contribution in [-0.4, -0.2) is 50.9 Å². The standard InChI is InChI=1S/C20H25Cl2F3N2O3/c1-10-11-3-2-4-13(19(30)20(23,24)25)12(11)5-6-27(10)17(29)7-14-15(21)8-26-16(9-28)18(14)22/h8,10-13,19,28,30H,2-7,9H2,1H3/t10-,11+,12+,13+,19-/m0/s1. The molecule has 1 saturated carbocycles. The van der Waals surface area contributed by atoms with Gasteiger partial charge in [-0.05, 0) is 43.9 Å². The first-order valence-corrected chi connectivity index (χ1v) is 10.8. The average molecular weight is 469 g/mol. The van der Waals surface area contributed by atoms with E-state index in [9.17, 15) is 28.2 Å². The molecule has 1 saturated heterocycles. The maximum Gasteiger partial charge on any atom is 0.414 e. The smallest absolute Gasteiger partial charge is 0.390 e. The molecule has 1 aliphatic carbocycles. The van der Waals surface area contributed by atoms with E-state index in [-0.39, 0.29) is 52.6 Å². The first-order chi connectivity index (χ1) is 14.1. The summed E-state index contributed by atoms with van der Waals surface area (Å²) in [5, 5.41) is 19.6. The second-order valence-corrected chi connectivity index (χ2v) is 8.99. The van der Waals surface area contributed by atoms with Gasteiger partial charge >= 0.3 is 6.18 Å².